The summed E-state index contributed by atoms with van der Waals surface area (Å²) >= 11 is 0. The highest BCUT2D eigenvalue weighted by atomic mass is 16.2. The third-order valence-corrected chi connectivity index (χ3v) is 5.57. The van der Waals surface area contributed by atoms with Crippen molar-refractivity contribution in [3.8, 4) is 0 Å². The maximum absolute atomic E-state index is 12.6. The topological polar surface area (TPSA) is 163 Å². The van der Waals surface area contributed by atoms with E-state index in [1.54, 1.807) is 49.4 Å². The number of carbonyl (C=O) groups is 3. The van der Waals surface area contributed by atoms with Gasteiger partial charge in [0.2, 0.25) is 17.7 Å². The predicted octanol–water partition coefficient (Wildman–Crippen LogP) is 0.336. The van der Waals surface area contributed by atoms with Gasteiger partial charge < -0.3 is 27.4 Å². The lowest BCUT2D eigenvalue weighted by Crippen LogP contribution is -2.49. The van der Waals surface area contributed by atoms with Gasteiger partial charge in [-0.2, -0.15) is 0 Å². The largest absolute Gasteiger partial charge is 0.384 e. The SMILES string of the molecule is CC(NC(=O)[C@H]1C[C@@H](c2cccc(C(N)=O)c2)CN1)C(=O)NCc1ccc(C(=N)N)cc1. The molecule has 1 saturated heterocycles. The number of carbonyl (C=O) groups excluding carboxylic acids is 3. The van der Waals surface area contributed by atoms with Gasteiger partial charge in [0.05, 0.1) is 6.04 Å². The Morgan fingerprint density at radius 2 is 1.84 bits per heavy atom. The predicted molar refractivity (Wildman–Crippen MR) is 121 cm³/mol. The van der Waals surface area contributed by atoms with Gasteiger partial charge >= 0.3 is 0 Å². The van der Waals surface area contributed by atoms with E-state index in [0.717, 1.165) is 11.1 Å². The third-order valence-electron chi connectivity index (χ3n) is 5.57. The van der Waals surface area contributed by atoms with Gasteiger partial charge in [0.25, 0.3) is 0 Å². The summed E-state index contributed by atoms with van der Waals surface area (Å²) < 4.78 is 0. The van der Waals surface area contributed by atoms with Crippen LogP contribution in [0.3, 0.4) is 0 Å². The van der Waals surface area contributed by atoms with Crippen LogP contribution >= 0.6 is 0 Å². The van der Waals surface area contributed by atoms with E-state index in [1.807, 2.05) is 6.07 Å². The number of hydrogen-bond acceptors (Lipinski definition) is 5. The highest BCUT2D eigenvalue weighted by Crippen LogP contribution is 2.26. The van der Waals surface area contributed by atoms with E-state index in [-0.39, 0.29) is 23.6 Å². The minimum atomic E-state index is -0.696. The third kappa shape index (κ3) is 5.70. The summed E-state index contributed by atoms with van der Waals surface area (Å²) in [5.41, 5.74) is 13.7. The molecule has 2 aromatic carbocycles. The molecule has 0 saturated carbocycles. The molecule has 32 heavy (non-hydrogen) atoms. The van der Waals surface area contributed by atoms with E-state index in [0.29, 0.717) is 30.6 Å². The van der Waals surface area contributed by atoms with Gasteiger partial charge in [0.1, 0.15) is 11.9 Å². The van der Waals surface area contributed by atoms with Crippen molar-refractivity contribution in [2.24, 2.45) is 11.5 Å². The van der Waals surface area contributed by atoms with Gasteiger partial charge in [-0.15, -0.1) is 0 Å². The summed E-state index contributed by atoms with van der Waals surface area (Å²) in [7, 11) is 0. The maximum Gasteiger partial charge on any atom is 0.248 e. The van der Waals surface area contributed by atoms with Crippen molar-refractivity contribution in [3.63, 3.8) is 0 Å². The molecule has 2 aromatic rings. The van der Waals surface area contributed by atoms with Crippen molar-refractivity contribution in [1.29, 1.82) is 5.41 Å². The van der Waals surface area contributed by atoms with Crippen LogP contribution in [0.4, 0.5) is 0 Å². The summed E-state index contributed by atoms with van der Waals surface area (Å²) in [6.45, 7) is 2.53. The Morgan fingerprint density at radius 3 is 2.50 bits per heavy atom. The molecule has 0 aromatic heterocycles. The average molecular weight is 437 g/mol. The number of nitrogen functional groups attached to an aromatic ring is 1. The normalized spacial score (nSPS) is 18.5. The number of amidine groups is 1. The van der Waals surface area contributed by atoms with Crippen molar-refractivity contribution < 1.29 is 14.4 Å². The summed E-state index contributed by atoms with van der Waals surface area (Å²) in [5, 5.41) is 16.1. The molecule has 168 valence electrons. The molecule has 1 unspecified atom stereocenters. The minimum absolute atomic E-state index is 0.0137. The molecule has 1 aliphatic heterocycles. The number of primary amides is 1. The van der Waals surface area contributed by atoms with Crippen LogP contribution in [0.25, 0.3) is 0 Å². The molecule has 1 fully saturated rings. The lowest BCUT2D eigenvalue weighted by molar-refractivity contribution is -0.129. The molecule has 1 heterocycles. The molecule has 3 atom stereocenters. The van der Waals surface area contributed by atoms with Gasteiger partial charge in [-0.1, -0.05) is 36.4 Å². The van der Waals surface area contributed by atoms with E-state index < -0.39 is 18.0 Å². The molecule has 0 bridgehead atoms. The minimum Gasteiger partial charge on any atom is -0.384 e. The number of hydrogen-bond donors (Lipinski definition) is 6. The second-order valence-electron chi connectivity index (χ2n) is 7.94. The van der Waals surface area contributed by atoms with Crippen molar-refractivity contribution in [1.82, 2.24) is 16.0 Å². The fourth-order valence-electron chi connectivity index (χ4n) is 3.66. The zero-order chi connectivity index (χ0) is 23.3. The molecular formula is C23H28N6O3. The molecule has 0 radical (unpaired) electrons. The molecule has 0 aliphatic carbocycles. The first-order valence-electron chi connectivity index (χ1n) is 10.4. The summed E-state index contributed by atoms with van der Waals surface area (Å²) in [5.74, 6) is -0.959. The van der Waals surface area contributed by atoms with E-state index in [2.05, 4.69) is 16.0 Å². The number of nitrogens with two attached hydrogens (primary N) is 2. The Morgan fingerprint density at radius 1 is 1.12 bits per heavy atom. The van der Waals surface area contributed by atoms with Gasteiger partial charge in [-0.05, 0) is 42.5 Å². The number of rotatable bonds is 8. The molecule has 0 spiro atoms. The Hall–Kier alpha value is -3.72. The van der Waals surface area contributed by atoms with Gasteiger partial charge in [-0.25, -0.2) is 0 Å². The van der Waals surface area contributed by atoms with Gasteiger partial charge in [-0.3, -0.25) is 19.8 Å². The first-order valence-corrected chi connectivity index (χ1v) is 10.4. The standard InChI is InChI=1S/C23H28N6O3/c1-13(22(31)28-11-14-5-7-15(8-6-14)20(24)25)29-23(32)19-10-18(12-27-19)16-3-2-4-17(9-16)21(26)30/h2-9,13,18-19,27H,10-12H2,1H3,(H3,24,25)(H2,26,30)(H,28,31)(H,29,32)/t13?,18-,19-/m1/s1. The first-order chi connectivity index (χ1) is 15.2. The average Bonchev–Trinajstić information content (AvgIpc) is 3.28. The molecule has 1 aliphatic rings. The summed E-state index contributed by atoms with van der Waals surface area (Å²) in [6.07, 6.45) is 0.560. The van der Waals surface area contributed by atoms with Crippen LogP contribution in [0.5, 0.6) is 0 Å². The van der Waals surface area contributed by atoms with Crippen LogP contribution in [0, 0.1) is 5.41 Å². The molecule has 3 amide bonds. The van der Waals surface area contributed by atoms with Gasteiger partial charge in [0.15, 0.2) is 0 Å². The van der Waals surface area contributed by atoms with Crippen LogP contribution in [0.1, 0.15) is 46.3 Å². The van der Waals surface area contributed by atoms with Crippen molar-refractivity contribution >= 4 is 23.6 Å². The van der Waals surface area contributed by atoms with Crippen molar-refractivity contribution in [2.75, 3.05) is 6.54 Å². The highest BCUT2D eigenvalue weighted by molar-refractivity contribution is 5.95. The Labute approximate surface area is 186 Å². The molecule has 9 heteroatoms. The second-order valence-corrected chi connectivity index (χ2v) is 7.94. The zero-order valence-electron chi connectivity index (χ0n) is 17.9. The van der Waals surface area contributed by atoms with Gasteiger partial charge in [0, 0.05) is 24.2 Å². The van der Waals surface area contributed by atoms with E-state index in [1.165, 1.54) is 0 Å². The summed E-state index contributed by atoms with van der Waals surface area (Å²) in [6, 6.07) is 13.0. The lowest BCUT2D eigenvalue weighted by Gasteiger charge is -2.17. The Balaban J connectivity index is 1.48. The molecule has 3 rings (SSSR count). The number of nitrogens with one attached hydrogen (secondary N) is 4. The van der Waals surface area contributed by atoms with Crippen LogP contribution in [-0.2, 0) is 16.1 Å². The fraction of sp³-hybridized carbons (Fsp3) is 0.304. The van der Waals surface area contributed by atoms with Crippen LogP contribution in [-0.4, -0.2) is 42.2 Å². The monoisotopic (exact) mass is 436 g/mol. The molecule has 9 nitrogen and oxygen atoms in total. The van der Waals surface area contributed by atoms with Crippen LogP contribution in [0.2, 0.25) is 0 Å². The van der Waals surface area contributed by atoms with Crippen LogP contribution < -0.4 is 27.4 Å². The van der Waals surface area contributed by atoms with Crippen molar-refractivity contribution in [2.45, 2.75) is 37.9 Å². The highest BCUT2D eigenvalue weighted by Gasteiger charge is 2.31. The lowest BCUT2D eigenvalue weighted by atomic mass is 9.94. The second kappa shape index (κ2) is 10.1. The maximum atomic E-state index is 12.6. The zero-order valence-corrected chi connectivity index (χ0v) is 17.9. The molecule has 8 N–H and O–H groups in total. The quantitative estimate of drug-likeness (QED) is 0.259. The van der Waals surface area contributed by atoms with E-state index in [4.69, 9.17) is 16.9 Å². The van der Waals surface area contributed by atoms with Crippen molar-refractivity contribution in [3.05, 3.63) is 70.8 Å². The molecular weight excluding hydrogens is 408 g/mol. The number of benzene rings is 2. The van der Waals surface area contributed by atoms with Crippen LogP contribution in [0.15, 0.2) is 48.5 Å². The van der Waals surface area contributed by atoms with E-state index >= 15 is 0 Å². The Kier molecular flexibility index (Phi) is 7.21. The fourth-order valence-corrected chi connectivity index (χ4v) is 3.66. The smallest absolute Gasteiger partial charge is 0.248 e. The number of amides is 3. The first kappa shape index (κ1) is 23.0. The summed E-state index contributed by atoms with van der Waals surface area (Å²) in [4.78, 5) is 36.4. The Bertz CT molecular complexity index is 1020. The van der Waals surface area contributed by atoms with E-state index in [9.17, 15) is 14.4 Å².